The number of anilines is 3. The fourth-order valence-corrected chi connectivity index (χ4v) is 4.40. The summed E-state index contributed by atoms with van der Waals surface area (Å²) in [5.74, 6) is 2.66. The number of rotatable bonds is 3. The first-order valence-corrected chi connectivity index (χ1v) is 10.9. The van der Waals surface area contributed by atoms with E-state index >= 15 is 0 Å². The topological polar surface area (TPSA) is 62.8 Å². The number of ether oxygens (including phenoxy) is 2. The number of likely N-dealkylation sites (N-methyl/N-ethyl adjacent to an activating group) is 1. The van der Waals surface area contributed by atoms with Crippen molar-refractivity contribution >= 4 is 22.9 Å². The van der Waals surface area contributed by atoms with Crippen LogP contribution in [0.15, 0.2) is 30.6 Å². The Morgan fingerprint density at radius 3 is 2.80 bits per heavy atom. The van der Waals surface area contributed by atoms with E-state index in [1.807, 2.05) is 0 Å². The minimum absolute atomic E-state index is 0.0961. The summed E-state index contributed by atoms with van der Waals surface area (Å²) in [5, 5.41) is 3.56. The second-order valence-corrected chi connectivity index (χ2v) is 8.15. The van der Waals surface area contributed by atoms with E-state index in [-0.39, 0.29) is 6.10 Å². The van der Waals surface area contributed by atoms with Crippen LogP contribution in [0.25, 0.3) is 5.57 Å². The van der Waals surface area contributed by atoms with Gasteiger partial charge in [0, 0.05) is 26.2 Å². The van der Waals surface area contributed by atoms with Crippen LogP contribution in [0.2, 0.25) is 0 Å². The molecule has 1 saturated heterocycles. The first-order chi connectivity index (χ1) is 14.7. The van der Waals surface area contributed by atoms with Gasteiger partial charge >= 0.3 is 0 Å². The van der Waals surface area contributed by atoms with E-state index in [1.54, 1.807) is 6.33 Å². The van der Waals surface area contributed by atoms with Crippen molar-refractivity contribution in [3.8, 4) is 5.75 Å². The average Bonchev–Trinajstić information content (AvgIpc) is 2.96. The number of nitrogens with one attached hydrogen (secondary N) is 1. The van der Waals surface area contributed by atoms with Gasteiger partial charge < -0.3 is 24.6 Å². The van der Waals surface area contributed by atoms with Crippen molar-refractivity contribution in [1.82, 2.24) is 14.9 Å². The lowest BCUT2D eigenvalue weighted by molar-refractivity contribution is 0.122. The van der Waals surface area contributed by atoms with E-state index in [4.69, 9.17) is 9.47 Å². The quantitative estimate of drug-likeness (QED) is 0.834. The van der Waals surface area contributed by atoms with Gasteiger partial charge in [0.05, 0.1) is 24.5 Å². The summed E-state index contributed by atoms with van der Waals surface area (Å²) < 4.78 is 12.0. The molecule has 4 heterocycles. The zero-order valence-electron chi connectivity index (χ0n) is 17.7. The molecule has 30 heavy (non-hydrogen) atoms. The highest BCUT2D eigenvalue weighted by molar-refractivity contribution is 5.77. The molecular weight excluding hydrogens is 378 g/mol. The molecule has 0 aliphatic carbocycles. The second kappa shape index (κ2) is 8.24. The summed E-state index contributed by atoms with van der Waals surface area (Å²) >= 11 is 0. The fraction of sp³-hybridized carbons (Fsp3) is 0.478. The van der Waals surface area contributed by atoms with E-state index in [0.717, 1.165) is 80.9 Å². The van der Waals surface area contributed by atoms with Gasteiger partial charge in [0.2, 0.25) is 0 Å². The van der Waals surface area contributed by atoms with E-state index in [2.05, 4.69) is 63.3 Å². The van der Waals surface area contributed by atoms with Gasteiger partial charge in [-0.2, -0.15) is 0 Å². The highest BCUT2D eigenvalue weighted by atomic mass is 16.5. The highest BCUT2D eigenvalue weighted by Crippen LogP contribution is 2.43. The van der Waals surface area contributed by atoms with Crippen LogP contribution in [0.4, 0.5) is 17.3 Å². The van der Waals surface area contributed by atoms with Crippen molar-refractivity contribution in [3.05, 3.63) is 41.7 Å². The minimum Gasteiger partial charge on any atom is -0.483 e. The first-order valence-electron chi connectivity index (χ1n) is 10.9. The number of hydrogen-bond donors (Lipinski definition) is 1. The fourth-order valence-electron chi connectivity index (χ4n) is 4.40. The van der Waals surface area contributed by atoms with Gasteiger partial charge in [-0.1, -0.05) is 19.1 Å². The molecule has 1 unspecified atom stereocenters. The van der Waals surface area contributed by atoms with Crippen LogP contribution in [0.1, 0.15) is 37.0 Å². The monoisotopic (exact) mass is 407 g/mol. The number of aromatic nitrogens is 2. The van der Waals surface area contributed by atoms with Gasteiger partial charge in [0.1, 0.15) is 29.8 Å². The van der Waals surface area contributed by atoms with Crippen molar-refractivity contribution in [2.75, 3.05) is 56.7 Å². The third-order valence-electron chi connectivity index (χ3n) is 6.15. The van der Waals surface area contributed by atoms with Crippen LogP contribution in [0, 0.1) is 0 Å². The Labute approximate surface area is 177 Å². The molecule has 1 aromatic carbocycles. The van der Waals surface area contributed by atoms with E-state index in [9.17, 15) is 0 Å². The summed E-state index contributed by atoms with van der Waals surface area (Å²) in [4.78, 5) is 13.9. The predicted molar refractivity (Wildman–Crippen MR) is 119 cm³/mol. The molecule has 0 bridgehead atoms. The predicted octanol–water partition coefficient (Wildman–Crippen LogP) is 3.62. The normalized spacial score (nSPS) is 21.6. The Bertz CT molecular complexity index is 955. The maximum atomic E-state index is 6.50. The molecule has 0 saturated carbocycles. The Balaban J connectivity index is 1.52. The summed E-state index contributed by atoms with van der Waals surface area (Å²) in [5.41, 5.74) is 4.65. The molecule has 7 heteroatoms. The molecule has 7 nitrogen and oxygen atoms in total. The molecule has 1 atom stereocenters. The number of hydrogen-bond acceptors (Lipinski definition) is 7. The molecule has 2 aromatic rings. The summed E-state index contributed by atoms with van der Waals surface area (Å²) in [6.07, 6.45) is 5.79. The third kappa shape index (κ3) is 3.63. The highest BCUT2D eigenvalue weighted by Gasteiger charge is 2.29. The Morgan fingerprint density at radius 2 is 2.03 bits per heavy atom. The smallest absolute Gasteiger partial charge is 0.143 e. The first kappa shape index (κ1) is 19.3. The lowest BCUT2D eigenvalue weighted by atomic mass is 9.99. The molecule has 3 aliphatic rings. The van der Waals surface area contributed by atoms with Crippen LogP contribution in [0.5, 0.6) is 5.75 Å². The van der Waals surface area contributed by atoms with Gasteiger partial charge in [-0.05, 0) is 43.2 Å². The van der Waals surface area contributed by atoms with Crippen molar-refractivity contribution < 1.29 is 9.47 Å². The van der Waals surface area contributed by atoms with Crippen LogP contribution >= 0.6 is 0 Å². The van der Waals surface area contributed by atoms with Crippen molar-refractivity contribution in [2.45, 2.75) is 25.9 Å². The molecule has 1 fully saturated rings. The second-order valence-electron chi connectivity index (χ2n) is 8.15. The van der Waals surface area contributed by atoms with Gasteiger partial charge in [-0.15, -0.1) is 0 Å². The van der Waals surface area contributed by atoms with Crippen molar-refractivity contribution in [3.63, 3.8) is 0 Å². The van der Waals surface area contributed by atoms with E-state index in [0.29, 0.717) is 0 Å². The van der Waals surface area contributed by atoms with Crippen LogP contribution in [0.3, 0.4) is 0 Å². The molecular formula is C23H29N5O2. The zero-order valence-corrected chi connectivity index (χ0v) is 17.7. The lowest BCUT2D eigenvalue weighted by Gasteiger charge is -2.31. The van der Waals surface area contributed by atoms with Crippen molar-refractivity contribution in [2.24, 2.45) is 0 Å². The van der Waals surface area contributed by atoms with Crippen LogP contribution in [-0.2, 0) is 4.74 Å². The maximum Gasteiger partial charge on any atom is 0.143 e. The number of fused-ring (bicyclic) bond motifs is 2. The Kier molecular flexibility index (Phi) is 5.31. The Morgan fingerprint density at radius 1 is 1.17 bits per heavy atom. The third-order valence-corrected chi connectivity index (χ3v) is 6.15. The lowest BCUT2D eigenvalue weighted by Crippen LogP contribution is -2.38. The summed E-state index contributed by atoms with van der Waals surface area (Å²) in [7, 11) is 2.16. The molecule has 0 radical (unpaired) electrons. The number of benzene rings is 1. The molecule has 0 spiro atoms. The molecule has 158 valence electrons. The van der Waals surface area contributed by atoms with E-state index in [1.165, 1.54) is 11.1 Å². The molecule has 5 rings (SSSR count). The average molecular weight is 408 g/mol. The minimum atomic E-state index is -0.0961. The summed E-state index contributed by atoms with van der Waals surface area (Å²) in [6, 6.07) is 6.47. The van der Waals surface area contributed by atoms with Gasteiger partial charge in [-0.3, -0.25) is 0 Å². The molecule has 1 N–H and O–H groups in total. The molecule has 0 amide bonds. The summed E-state index contributed by atoms with van der Waals surface area (Å²) in [6.45, 7) is 7.33. The number of nitrogens with zero attached hydrogens (tertiary/aromatic N) is 4. The van der Waals surface area contributed by atoms with Crippen molar-refractivity contribution in [1.29, 1.82) is 0 Å². The zero-order chi connectivity index (χ0) is 20.5. The van der Waals surface area contributed by atoms with Gasteiger partial charge in [0.25, 0.3) is 0 Å². The van der Waals surface area contributed by atoms with Gasteiger partial charge in [-0.25, -0.2) is 9.97 Å². The number of morpholine rings is 1. The maximum absolute atomic E-state index is 6.50. The molecule has 1 aromatic heterocycles. The standard InChI is InChI=1S/C23H29N5O2/c1-3-19-21-22(24-15-25-23(21)28-10-12-29-13-11-28)26-18-14-17(4-5-20(18)30-19)16-6-8-27(2)9-7-16/h4-6,14-15,19H,3,7-13H2,1-2H3,(H,24,25,26). The van der Waals surface area contributed by atoms with Crippen LogP contribution < -0.4 is 15.0 Å². The Hall–Kier alpha value is -2.64. The van der Waals surface area contributed by atoms with Crippen LogP contribution in [-0.4, -0.2) is 61.3 Å². The molecule has 3 aliphatic heterocycles. The van der Waals surface area contributed by atoms with E-state index < -0.39 is 0 Å². The van der Waals surface area contributed by atoms with Gasteiger partial charge in [0.15, 0.2) is 0 Å². The largest absolute Gasteiger partial charge is 0.483 e. The SMILES string of the molecule is CCC1Oc2ccc(C3=CCN(C)CC3)cc2Nc2ncnc(N3CCOCC3)c21.